The maximum atomic E-state index is 11.6. The zero-order valence-corrected chi connectivity index (χ0v) is 14.0. The Morgan fingerprint density at radius 3 is 2.96 bits per heavy atom. The molecule has 1 aromatic carbocycles. The van der Waals surface area contributed by atoms with Crippen LogP contribution in [0, 0.1) is 5.92 Å². The number of carbonyl (C=O) groups is 1. The number of carbonyl (C=O) groups excluding carboxylic acids is 1. The number of hydrogen-bond acceptors (Lipinski definition) is 5. The fourth-order valence-corrected chi connectivity index (χ4v) is 3.06. The number of benzene rings is 1. The predicted octanol–water partition coefficient (Wildman–Crippen LogP) is 2.90. The predicted molar refractivity (Wildman–Crippen MR) is 84.6 cm³/mol. The van der Waals surface area contributed by atoms with E-state index in [9.17, 15) is 4.79 Å². The van der Waals surface area contributed by atoms with Gasteiger partial charge in [-0.25, -0.2) is 0 Å². The molecule has 2 heterocycles. The average Bonchev–Trinajstić information content (AvgIpc) is 2.95. The van der Waals surface area contributed by atoms with Gasteiger partial charge < -0.3 is 14.0 Å². The van der Waals surface area contributed by atoms with Gasteiger partial charge in [-0.1, -0.05) is 23.2 Å². The highest BCUT2D eigenvalue weighted by Crippen LogP contribution is 2.28. The summed E-state index contributed by atoms with van der Waals surface area (Å²) in [7, 11) is 1.40. The zero-order chi connectivity index (χ0) is 16.4. The summed E-state index contributed by atoms with van der Waals surface area (Å²) in [5.74, 6) is 1.65. The molecule has 0 bridgehead atoms. The minimum atomic E-state index is -0.204. The minimum absolute atomic E-state index is 0.156. The summed E-state index contributed by atoms with van der Waals surface area (Å²) in [6, 6.07) is 5.05. The Labute approximate surface area is 143 Å². The smallest absolute Gasteiger partial charge is 0.309 e. The first-order chi connectivity index (χ1) is 11.1. The van der Waals surface area contributed by atoms with Gasteiger partial charge in [0.15, 0.2) is 5.82 Å². The lowest BCUT2D eigenvalue weighted by Gasteiger charge is -2.21. The second-order valence-electron chi connectivity index (χ2n) is 5.26. The second kappa shape index (κ2) is 6.76. The standard InChI is InChI=1S/C15H15Cl2N3O3/c1-22-15(21)9-4-5-20-13(6-9)18-19-14(20)8-23-12-3-2-10(16)7-11(12)17/h2-3,7,9H,4-6,8H2,1H3. The Morgan fingerprint density at radius 2 is 2.22 bits per heavy atom. The highest BCUT2D eigenvalue weighted by molar-refractivity contribution is 6.35. The zero-order valence-electron chi connectivity index (χ0n) is 12.5. The van der Waals surface area contributed by atoms with Crippen molar-refractivity contribution in [2.75, 3.05) is 7.11 Å². The molecule has 1 aliphatic heterocycles. The molecule has 2 aromatic rings. The van der Waals surface area contributed by atoms with E-state index < -0.39 is 0 Å². The lowest BCUT2D eigenvalue weighted by atomic mass is 9.98. The molecule has 6 nitrogen and oxygen atoms in total. The van der Waals surface area contributed by atoms with E-state index in [-0.39, 0.29) is 18.5 Å². The van der Waals surface area contributed by atoms with Gasteiger partial charge in [0.05, 0.1) is 18.1 Å². The van der Waals surface area contributed by atoms with Crippen molar-refractivity contribution in [1.82, 2.24) is 14.8 Å². The van der Waals surface area contributed by atoms with Crippen LogP contribution in [-0.2, 0) is 29.1 Å². The summed E-state index contributed by atoms with van der Waals surface area (Å²) in [6.45, 7) is 0.909. The van der Waals surface area contributed by atoms with Crippen molar-refractivity contribution in [3.05, 3.63) is 39.9 Å². The van der Waals surface area contributed by atoms with Crippen LogP contribution in [0.2, 0.25) is 10.0 Å². The van der Waals surface area contributed by atoms with Crippen LogP contribution in [0.5, 0.6) is 5.75 Å². The van der Waals surface area contributed by atoms with E-state index >= 15 is 0 Å². The Hall–Kier alpha value is -1.79. The maximum absolute atomic E-state index is 11.6. The molecule has 1 atom stereocenters. The largest absolute Gasteiger partial charge is 0.484 e. The molecule has 1 unspecified atom stereocenters. The van der Waals surface area contributed by atoms with E-state index in [2.05, 4.69) is 10.2 Å². The Bertz CT molecular complexity index is 733. The Morgan fingerprint density at radius 1 is 1.39 bits per heavy atom. The molecule has 0 amide bonds. The summed E-state index contributed by atoms with van der Waals surface area (Å²) < 4.78 is 12.5. The number of nitrogens with zero attached hydrogens (tertiary/aromatic N) is 3. The quantitative estimate of drug-likeness (QED) is 0.788. The molecule has 0 saturated carbocycles. The van der Waals surface area contributed by atoms with Crippen molar-refractivity contribution in [3.63, 3.8) is 0 Å². The van der Waals surface area contributed by atoms with E-state index in [0.29, 0.717) is 41.0 Å². The highest BCUT2D eigenvalue weighted by atomic mass is 35.5. The van der Waals surface area contributed by atoms with E-state index in [4.69, 9.17) is 32.7 Å². The van der Waals surface area contributed by atoms with E-state index in [1.807, 2.05) is 4.57 Å². The lowest BCUT2D eigenvalue weighted by Crippen LogP contribution is -2.27. The SMILES string of the molecule is COC(=O)C1CCn2c(COc3ccc(Cl)cc3Cl)nnc2C1. The van der Waals surface area contributed by atoms with Gasteiger partial charge in [-0.05, 0) is 24.6 Å². The molecule has 3 rings (SSSR count). The van der Waals surface area contributed by atoms with E-state index in [0.717, 1.165) is 5.82 Å². The number of methoxy groups -OCH3 is 1. The number of halogens is 2. The van der Waals surface area contributed by atoms with Crippen LogP contribution in [0.1, 0.15) is 18.1 Å². The second-order valence-corrected chi connectivity index (χ2v) is 6.10. The Balaban J connectivity index is 1.69. The fourth-order valence-electron chi connectivity index (χ4n) is 2.60. The number of aromatic nitrogens is 3. The van der Waals surface area contributed by atoms with Crippen LogP contribution >= 0.6 is 23.2 Å². The van der Waals surface area contributed by atoms with Gasteiger partial charge in [-0.3, -0.25) is 4.79 Å². The molecule has 0 N–H and O–H groups in total. The lowest BCUT2D eigenvalue weighted by molar-refractivity contribution is -0.146. The van der Waals surface area contributed by atoms with Crippen LogP contribution < -0.4 is 4.74 Å². The number of hydrogen-bond donors (Lipinski definition) is 0. The summed E-state index contributed by atoms with van der Waals surface area (Å²) in [6.07, 6.45) is 1.23. The third kappa shape index (κ3) is 3.43. The molecule has 0 spiro atoms. The Kier molecular flexibility index (Phi) is 4.73. The number of ether oxygens (including phenoxy) is 2. The molecule has 0 saturated heterocycles. The van der Waals surface area contributed by atoms with Crippen LogP contribution in [0.15, 0.2) is 18.2 Å². The fraction of sp³-hybridized carbons (Fsp3) is 0.400. The normalized spacial score (nSPS) is 16.7. The van der Waals surface area contributed by atoms with Crippen molar-refractivity contribution >= 4 is 29.2 Å². The molecule has 0 radical (unpaired) electrons. The highest BCUT2D eigenvalue weighted by Gasteiger charge is 2.28. The molecule has 23 heavy (non-hydrogen) atoms. The van der Waals surface area contributed by atoms with Gasteiger partial charge in [0, 0.05) is 18.0 Å². The first-order valence-electron chi connectivity index (χ1n) is 7.15. The summed E-state index contributed by atoms with van der Waals surface area (Å²) in [5.41, 5.74) is 0. The van der Waals surface area contributed by atoms with Crippen LogP contribution in [0.25, 0.3) is 0 Å². The van der Waals surface area contributed by atoms with Crippen molar-refractivity contribution in [2.24, 2.45) is 5.92 Å². The van der Waals surface area contributed by atoms with Crippen molar-refractivity contribution in [3.8, 4) is 5.75 Å². The first-order valence-corrected chi connectivity index (χ1v) is 7.90. The van der Waals surface area contributed by atoms with E-state index in [1.165, 1.54) is 7.11 Å². The monoisotopic (exact) mass is 355 g/mol. The minimum Gasteiger partial charge on any atom is -0.484 e. The molecule has 0 aliphatic carbocycles. The summed E-state index contributed by atoms with van der Waals surface area (Å²) in [5, 5.41) is 9.29. The third-order valence-corrected chi connectivity index (χ3v) is 4.35. The molecule has 1 aromatic heterocycles. The van der Waals surface area contributed by atoms with Gasteiger partial charge in [0.25, 0.3) is 0 Å². The van der Waals surface area contributed by atoms with Gasteiger partial charge in [-0.2, -0.15) is 0 Å². The van der Waals surface area contributed by atoms with Gasteiger partial charge >= 0.3 is 5.97 Å². The van der Waals surface area contributed by atoms with Crippen molar-refractivity contribution < 1.29 is 14.3 Å². The number of rotatable bonds is 4. The number of esters is 1. The first kappa shape index (κ1) is 16.1. The van der Waals surface area contributed by atoms with Gasteiger partial charge in [0.1, 0.15) is 18.2 Å². The number of fused-ring (bicyclic) bond motifs is 1. The maximum Gasteiger partial charge on any atom is 0.309 e. The molecule has 0 fully saturated rings. The molecule has 122 valence electrons. The van der Waals surface area contributed by atoms with Gasteiger partial charge in [-0.15, -0.1) is 10.2 Å². The van der Waals surface area contributed by atoms with Crippen LogP contribution in [0.4, 0.5) is 0 Å². The van der Waals surface area contributed by atoms with Crippen LogP contribution in [-0.4, -0.2) is 27.8 Å². The van der Waals surface area contributed by atoms with Crippen molar-refractivity contribution in [1.29, 1.82) is 0 Å². The van der Waals surface area contributed by atoms with Gasteiger partial charge in [0.2, 0.25) is 0 Å². The summed E-state index contributed by atoms with van der Waals surface area (Å²) >= 11 is 11.9. The van der Waals surface area contributed by atoms with Crippen LogP contribution in [0.3, 0.4) is 0 Å². The molecular formula is C15H15Cl2N3O3. The summed E-state index contributed by atoms with van der Waals surface area (Å²) in [4.78, 5) is 11.6. The molecule has 8 heteroatoms. The molecular weight excluding hydrogens is 341 g/mol. The molecule has 1 aliphatic rings. The van der Waals surface area contributed by atoms with E-state index in [1.54, 1.807) is 18.2 Å². The topological polar surface area (TPSA) is 66.2 Å². The average molecular weight is 356 g/mol. The third-order valence-electron chi connectivity index (χ3n) is 3.82. The van der Waals surface area contributed by atoms with Crippen molar-refractivity contribution in [2.45, 2.75) is 26.0 Å².